The highest BCUT2D eigenvalue weighted by Gasteiger charge is 2.85. The van der Waals surface area contributed by atoms with Gasteiger partial charge in [0, 0.05) is 0 Å². The molecule has 0 aliphatic heterocycles. The molecule has 0 amide bonds. The van der Waals surface area contributed by atoms with E-state index >= 15 is 0 Å². The van der Waals surface area contributed by atoms with Gasteiger partial charge in [0.15, 0.2) is 6.61 Å². The lowest BCUT2D eigenvalue weighted by molar-refractivity contribution is -0.548. The molecule has 0 saturated heterocycles. The summed E-state index contributed by atoms with van der Waals surface area (Å²) in [4.78, 5) is 10.9. The van der Waals surface area contributed by atoms with E-state index in [0.717, 1.165) is 4.74 Å². The van der Waals surface area contributed by atoms with Crippen LogP contribution in [0.15, 0.2) is 0 Å². The molecule has 0 radical (unpaired) electrons. The van der Waals surface area contributed by atoms with Crippen molar-refractivity contribution >= 4 is 5.97 Å². The molecule has 0 rings (SSSR count). The van der Waals surface area contributed by atoms with Crippen LogP contribution < -0.4 is 0 Å². The smallest absolute Gasteiger partial charge is 0.452 e. The lowest BCUT2D eigenvalue weighted by Crippen LogP contribution is -2.68. The standard InChI is InChI=1S/C11H2F20O4/c12-3(13,14)1-33-2(32)4(15,7(19,20)21)34-11(30,31)6(18,9(25,26)27)35-10(28,29)5(16,17)8(22,23)24/h1H2. The number of carbonyl (C=O) groups excluding carboxylic acids is 1. The van der Waals surface area contributed by atoms with E-state index in [1.807, 2.05) is 0 Å². The highest BCUT2D eigenvalue weighted by atomic mass is 19.4. The van der Waals surface area contributed by atoms with Crippen molar-refractivity contribution in [3.05, 3.63) is 0 Å². The quantitative estimate of drug-likeness (QED) is 0.264. The predicted molar refractivity (Wildman–Crippen MR) is 59.9 cm³/mol. The van der Waals surface area contributed by atoms with Crippen LogP contribution in [0.3, 0.4) is 0 Å². The lowest BCUT2D eigenvalue weighted by Gasteiger charge is -2.39. The van der Waals surface area contributed by atoms with Crippen LogP contribution in [0.25, 0.3) is 0 Å². The van der Waals surface area contributed by atoms with Crippen molar-refractivity contribution in [3.63, 3.8) is 0 Å². The summed E-state index contributed by atoms with van der Waals surface area (Å²) in [6, 6.07) is 0. The maximum atomic E-state index is 13.8. The molecular weight excluding hydrogens is 576 g/mol. The highest BCUT2D eigenvalue weighted by Crippen LogP contribution is 2.56. The first kappa shape index (κ1) is 33.0. The van der Waals surface area contributed by atoms with Crippen molar-refractivity contribution in [2.24, 2.45) is 0 Å². The molecule has 4 nitrogen and oxygen atoms in total. The molecule has 0 fully saturated rings. The molecule has 0 spiro atoms. The summed E-state index contributed by atoms with van der Waals surface area (Å²) in [7, 11) is 0. The van der Waals surface area contributed by atoms with Crippen LogP contribution in [0, 0.1) is 0 Å². The van der Waals surface area contributed by atoms with Crippen LogP contribution in [-0.4, -0.2) is 67.1 Å². The Bertz CT molecular complexity index is 761. The Labute approximate surface area is 175 Å². The van der Waals surface area contributed by atoms with E-state index in [9.17, 15) is 92.6 Å². The first-order valence-electron chi connectivity index (χ1n) is 7.15. The molecule has 0 aromatic rings. The largest absolute Gasteiger partial charge is 0.462 e. The molecule has 24 heteroatoms. The van der Waals surface area contributed by atoms with E-state index in [1.54, 1.807) is 0 Å². The second kappa shape index (κ2) is 8.83. The fraction of sp³-hybridized carbons (Fsp3) is 0.909. The van der Waals surface area contributed by atoms with E-state index in [0.29, 0.717) is 0 Å². The molecule has 210 valence electrons. The molecule has 0 aromatic carbocycles. The first-order chi connectivity index (χ1) is 14.8. The number of rotatable bonds is 8. The zero-order valence-electron chi connectivity index (χ0n) is 14.9. The van der Waals surface area contributed by atoms with E-state index in [2.05, 4.69) is 4.74 Å². The van der Waals surface area contributed by atoms with Crippen LogP contribution in [0.5, 0.6) is 0 Å². The molecule has 0 aromatic heterocycles. The SMILES string of the molecule is O=C(OCC(F)(F)F)C(F)(OC(F)(F)C(F)(OC(F)(F)C(F)(F)C(F)(F)F)C(F)(F)F)C(F)(F)F. The van der Waals surface area contributed by atoms with E-state index in [-0.39, 0.29) is 0 Å². The Balaban J connectivity index is 6.69. The third-order valence-corrected chi connectivity index (χ3v) is 2.99. The van der Waals surface area contributed by atoms with Gasteiger partial charge in [0.25, 0.3) is 0 Å². The molecule has 0 saturated carbocycles. The Kier molecular flexibility index (Phi) is 8.32. The highest BCUT2D eigenvalue weighted by molar-refractivity contribution is 5.79. The fourth-order valence-electron chi connectivity index (χ4n) is 1.39. The molecule has 0 aliphatic rings. The van der Waals surface area contributed by atoms with Gasteiger partial charge in [0.05, 0.1) is 0 Å². The van der Waals surface area contributed by atoms with Crippen molar-refractivity contribution in [2.75, 3.05) is 6.61 Å². The monoisotopic (exact) mass is 578 g/mol. The molecule has 0 bridgehead atoms. The number of halogens is 20. The second-order valence-corrected chi connectivity index (χ2v) is 5.69. The van der Waals surface area contributed by atoms with Gasteiger partial charge >= 0.3 is 60.5 Å². The third-order valence-electron chi connectivity index (χ3n) is 2.99. The summed E-state index contributed by atoms with van der Waals surface area (Å²) in [5.74, 6) is -28.0. The summed E-state index contributed by atoms with van der Waals surface area (Å²) in [5.41, 5.74) is 0. The van der Waals surface area contributed by atoms with Gasteiger partial charge in [-0.1, -0.05) is 0 Å². The van der Waals surface area contributed by atoms with Gasteiger partial charge < -0.3 is 4.74 Å². The van der Waals surface area contributed by atoms with Crippen LogP contribution in [0.4, 0.5) is 87.8 Å². The molecule has 2 unspecified atom stereocenters. The average molecular weight is 578 g/mol. The van der Waals surface area contributed by atoms with Crippen molar-refractivity contribution < 1.29 is 107 Å². The van der Waals surface area contributed by atoms with Gasteiger partial charge in [-0.15, -0.1) is 0 Å². The normalized spacial score (nSPS) is 18.6. The summed E-state index contributed by atoms with van der Waals surface area (Å²) < 4.78 is 258. The van der Waals surface area contributed by atoms with Crippen LogP contribution in [0.1, 0.15) is 0 Å². The maximum absolute atomic E-state index is 13.8. The average Bonchev–Trinajstić information content (AvgIpc) is 2.54. The molecular formula is C11H2F20O4. The molecule has 0 N–H and O–H groups in total. The van der Waals surface area contributed by atoms with E-state index in [1.165, 1.54) is 4.74 Å². The number of alkyl halides is 20. The number of esters is 1. The number of ether oxygens (including phenoxy) is 3. The second-order valence-electron chi connectivity index (χ2n) is 5.69. The Morgan fingerprint density at radius 3 is 1.20 bits per heavy atom. The van der Waals surface area contributed by atoms with Gasteiger partial charge in [-0.2, -0.15) is 87.8 Å². The first-order valence-corrected chi connectivity index (χ1v) is 7.15. The minimum absolute atomic E-state index is 1.16. The molecule has 0 aliphatic carbocycles. The minimum Gasteiger partial charge on any atom is -0.452 e. The Morgan fingerprint density at radius 2 is 0.914 bits per heavy atom. The fourth-order valence-corrected chi connectivity index (χ4v) is 1.39. The van der Waals surface area contributed by atoms with Crippen LogP contribution in [-0.2, 0) is 19.0 Å². The number of hydrogen-bond acceptors (Lipinski definition) is 4. The predicted octanol–water partition coefficient (Wildman–Crippen LogP) is 5.96. The maximum Gasteiger partial charge on any atom is 0.462 e. The molecule has 0 heterocycles. The minimum atomic E-state index is -8.27. The summed E-state index contributed by atoms with van der Waals surface area (Å²) in [6.07, 6.45) is -45.5. The molecule has 2 atom stereocenters. The van der Waals surface area contributed by atoms with Gasteiger partial charge in [-0.05, 0) is 0 Å². The lowest BCUT2D eigenvalue weighted by atomic mass is 10.2. The summed E-state index contributed by atoms with van der Waals surface area (Å²) >= 11 is 0. The van der Waals surface area contributed by atoms with Crippen molar-refractivity contribution in [1.29, 1.82) is 0 Å². The zero-order valence-corrected chi connectivity index (χ0v) is 14.9. The van der Waals surface area contributed by atoms with Crippen LogP contribution >= 0.6 is 0 Å². The van der Waals surface area contributed by atoms with Gasteiger partial charge in [-0.25, -0.2) is 4.79 Å². The molecule has 35 heavy (non-hydrogen) atoms. The summed E-state index contributed by atoms with van der Waals surface area (Å²) in [6.45, 7) is -3.31. The van der Waals surface area contributed by atoms with Gasteiger partial charge in [-0.3, -0.25) is 9.47 Å². The summed E-state index contributed by atoms with van der Waals surface area (Å²) in [5, 5.41) is 0. The van der Waals surface area contributed by atoms with E-state index in [4.69, 9.17) is 0 Å². The van der Waals surface area contributed by atoms with Crippen molar-refractivity contribution in [1.82, 2.24) is 0 Å². The van der Waals surface area contributed by atoms with Crippen molar-refractivity contribution in [3.8, 4) is 0 Å². The third kappa shape index (κ3) is 6.41. The van der Waals surface area contributed by atoms with Crippen LogP contribution in [0.2, 0.25) is 0 Å². The topological polar surface area (TPSA) is 44.8 Å². The van der Waals surface area contributed by atoms with Gasteiger partial charge in [0.2, 0.25) is 0 Å². The number of hydrogen-bond donors (Lipinski definition) is 0. The Hall–Kier alpha value is -2.01. The van der Waals surface area contributed by atoms with Gasteiger partial charge in [0.1, 0.15) is 0 Å². The van der Waals surface area contributed by atoms with Crippen molar-refractivity contribution in [2.45, 2.75) is 54.6 Å². The Morgan fingerprint density at radius 1 is 0.514 bits per heavy atom. The van der Waals surface area contributed by atoms with E-state index < -0.39 is 67.1 Å². The number of carbonyl (C=O) groups is 1. The zero-order chi connectivity index (χ0) is 28.9.